The number of aromatic nitrogens is 5. The second-order valence-electron chi connectivity index (χ2n) is 7.74. The molecular weight excluding hydrogens is 395 g/mol. The normalized spacial score (nSPS) is 15.2. The summed E-state index contributed by atoms with van der Waals surface area (Å²) >= 11 is 0. The Balaban J connectivity index is 1.82. The molecule has 1 atom stereocenters. The van der Waals surface area contributed by atoms with E-state index in [-0.39, 0.29) is 11.6 Å². The van der Waals surface area contributed by atoms with E-state index in [1.807, 2.05) is 37.2 Å². The Labute approximate surface area is 179 Å². The number of rotatable bonds is 1. The highest BCUT2D eigenvalue weighted by molar-refractivity contribution is 5.71. The first-order valence-corrected chi connectivity index (χ1v) is 10.2. The number of nitrogen functional groups attached to an aromatic ring is 1. The fraction of sp³-hybridized carbons (Fsp3) is 0.261. The fourth-order valence-electron chi connectivity index (χ4n) is 4.28. The minimum atomic E-state index is -0.456. The van der Waals surface area contributed by atoms with Crippen LogP contribution in [0.2, 0.25) is 0 Å². The maximum absolute atomic E-state index is 14.2. The van der Waals surface area contributed by atoms with Crippen LogP contribution in [0.5, 0.6) is 5.75 Å². The van der Waals surface area contributed by atoms with Crippen LogP contribution in [0.15, 0.2) is 43.0 Å². The smallest absolute Gasteiger partial charge is 0.166 e. The van der Waals surface area contributed by atoms with E-state index >= 15 is 0 Å². The molecule has 1 aliphatic rings. The first-order chi connectivity index (χ1) is 15.0. The number of halogens is 1. The molecule has 7 nitrogen and oxygen atoms in total. The summed E-state index contributed by atoms with van der Waals surface area (Å²) in [7, 11) is 1.89. The highest BCUT2D eigenvalue weighted by Gasteiger charge is 2.24. The third-order valence-corrected chi connectivity index (χ3v) is 5.79. The van der Waals surface area contributed by atoms with Crippen molar-refractivity contribution in [2.24, 2.45) is 7.05 Å². The van der Waals surface area contributed by atoms with Gasteiger partial charge in [-0.15, -0.1) is 0 Å². The average molecular weight is 418 g/mol. The van der Waals surface area contributed by atoms with Crippen molar-refractivity contribution in [2.75, 3.05) is 5.73 Å². The molecule has 0 radical (unpaired) electrons. The molecule has 0 spiro atoms. The minimum absolute atomic E-state index is 0.288. The van der Waals surface area contributed by atoms with Crippen molar-refractivity contribution >= 4 is 5.82 Å². The van der Waals surface area contributed by atoms with E-state index in [1.54, 1.807) is 12.3 Å². The van der Waals surface area contributed by atoms with Gasteiger partial charge in [-0.25, -0.2) is 14.4 Å². The van der Waals surface area contributed by atoms with Crippen LogP contribution in [0.4, 0.5) is 10.2 Å². The number of nitrogens with two attached hydrogens (primary N) is 1. The Morgan fingerprint density at radius 2 is 2.03 bits per heavy atom. The highest BCUT2D eigenvalue weighted by Crippen LogP contribution is 2.38. The van der Waals surface area contributed by atoms with E-state index in [0.29, 0.717) is 12.2 Å². The summed E-state index contributed by atoms with van der Waals surface area (Å²) in [6, 6.07) is 6.63. The lowest BCUT2D eigenvalue weighted by Crippen LogP contribution is -2.10. The van der Waals surface area contributed by atoms with Crippen LogP contribution in [-0.4, -0.2) is 24.3 Å². The maximum atomic E-state index is 14.2. The number of nitrogens with zero attached hydrogens (tertiary/aromatic N) is 5. The number of hydrogen-bond acceptors (Lipinski definition) is 5. The van der Waals surface area contributed by atoms with Crippen LogP contribution in [-0.2, 0) is 20.0 Å². The average Bonchev–Trinajstić information content (AvgIpc) is 3.32. The Morgan fingerprint density at radius 1 is 1.19 bits per heavy atom. The number of benzene rings is 1. The molecule has 0 saturated carbocycles. The van der Waals surface area contributed by atoms with Gasteiger partial charge in [-0.2, -0.15) is 5.10 Å². The van der Waals surface area contributed by atoms with Crippen molar-refractivity contribution in [1.29, 1.82) is 0 Å². The largest absolute Gasteiger partial charge is 0.482 e. The van der Waals surface area contributed by atoms with Crippen LogP contribution >= 0.6 is 0 Å². The van der Waals surface area contributed by atoms with Crippen molar-refractivity contribution in [2.45, 2.75) is 32.9 Å². The van der Waals surface area contributed by atoms with Crippen LogP contribution in [0.3, 0.4) is 0 Å². The van der Waals surface area contributed by atoms with Crippen LogP contribution in [0.25, 0.3) is 22.5 Å². The summed E-state index contributed by atoms with van der Waals surface area (Å²) in [4.78, 5) is 9.05. The summed E-state index contributed by atoms with van der Waals surface area (Å²) in [5, 5.41) is 4.49. The molecule has 4 heterocycles. The fourth-order valence-corrected chi connectivity index (χ4v) is 4.28. The van der Waals surface area contributed by atoms with Crippen molar-refractivity contribution in [3.05, 3.63) is 65.6 Å². The molecule has 4 aromatic rings. The van der Waals surface area contributed by atoms with Gasteiger partial charge in [-0.05, 0) is 38.1 Å². The van der Waals surface area contributed by atoms with Crippen LogP contribution in [0.1, 0.15) is 36.8 Å². The third-order valence-electron chi connectivity index (χ3n) is 5.79. The zero-order chi connectivity index (χ0) is 21.7. The molecule has 31 heavy (non-hydrogen) atoms. The van der Waals surface area contributed by atoms with Gasteiger partial charge >= 0.3 is 0 Å². The molecule has 0 saturated heterocycles. The van der Waals surface area contributed by atoms with Gasteiger partial charge < -0.3 is 15.0 Å². The Kier molecular flexibility index (Phi) is 4.50. The molecule has 2 bridgehead atoms. The predicted molar refractivity (Wildman–Crippen MR) is 116 cm³/mol. The van der Waals surface area contributed by atoms with Gasteiger partial charge in [-0.1, -0.05) is 0 Å². The van der Waals surface area contributed by atoms with E-state index < -0.39 is 6.10 Å². The SMILES string of the molecule is CCn1cnc2c1-c1cnc(N)c(c1)O[C@H](C)c1cc(F)ccc1-c1c(cnn1C)C2. The van der Waals surface area contributed by atoms with Crippen LogP contribution in [0, 0.1) is 5.82 Å². The highest BCUT2D eigenvalue weighted by atomic mass is 19.1. The minimum Gasteiger partial charge on any atom is -0.482 e. The number of imidazole rings is 1. The van der Waals surface area contributed by atoms with Gasteiger partial charge in [0.05, 0.1) is 29.6 Å². The predicted octanol–water partition coefficient (Wildman–Crippen LogP) is 4.13. The lowest BCUT2D eigenvalue weighted by atomic mass is 9.95. The number of anilines is 1. The molecule has 0 amide bonds. The summed E-state index contributed by atoms with van der Waals surface area (Å²) < 4.78 is 24.4. The topological polar surface area (TPSA) is 83.8 Å². The standard InChI is InChI=1S/C23H23FN6O/c1-4-30-12-27-19-7-14-11-28-29(3)21(14)17-6-5-16(24)9-18(17)13(2)31-20-8-15(22(19)30)10-26-23(20)25/h5-6,8-13H,4,7H2,1-3H3,(H2,25,26)/t13-/m1/s1. The number of fused-ring (bicyclic) bond motifs is 7. The van der Waals surface area contributed by atoms with Crippen LogP contribution < -0.4 is 10.5 Å². The summed E-state index contributed by atoms with van der Waals surface area (Å²) in [5.74, 6) is 0.422. The molecule has 0 unspecified atom stereocenters. The van der Waals surface area contributed by atoms with Crippen molar-refractivity contribution in [3.63, 3.8) is 0 Å². The van der Waals surface area contributed by atoms with Gasteiger partial charge in [0, 0.05) is 48.5 Å². The molecule has 5 rings (SSSR count). The van der Waals surface area contributed by atoms with E-state index in [1.165, 1.54) is 12.1 Å². The summed E-state index contributed by atoms with van der Waals surface area (Å²) in [6.45, 7) is 4.72. The molecule has 8 heteroatoms. The quantitative estimate of drug-likeness (QED) is 0.502. The lowest BCUT2D eigenvalue weighted by Gasteiger charge is -2.21. The summed E-state index contributed by atoms with van der Waals surface area (Å²) in [5.41, 5.74) is 12.4. The number of hydrogen-bond donors (Lipinski definition) is 1. The molecule has 2 N–H and O–H groups in total. The van der Waals surface area contributed by atoms with Crippen molar-refractivity contribution < 1.29 is 9.13 Å². The van der Waals surface area contributed by atoms with E-state index in [2.05, 4.69) is 21.6 Å². The van der Waals surface area contributed by atoms with E-state index in [4.69, 9.17) is 15.5 Å². The molecule has 1 aliphatic heterocycles. The first kappa shape index (κ1) is 19.3. The van der Waals surface area contributed by atoms with Gasteiger partial charge in [0.1, 0.15) is 11.9 Å². The van der Waals surface area contributed by atoms with E-state index in [0.717, 1.165) is 45.9 Å². The third kappa shape index (κ3) is 3.15. The Hall–Kier alpha value is -3.68. The number of ether oxygens (including phenoxy) is 1. The van der Waals surface area contributed by atoms with Gasteiger partial charge in [0.15, 0.2) is 11.6 Å². The molecule has 3 aromatic heterocycles. The summed E-state index contributed by atoms with van der Waals surface area (Å²) in [6.07, 6.45) is 5.55. The second kappa shape index (κ2) is 7.23. The number of aryl methyl sites for hydroxylation is 2. The number of pyridine rings is 1. The van der Waals surface area contributed by atoms with E-state index in [9.17, 15) is 4.39 Å². The molecule has 0 aliphatic carbocycles. The van der Waals surface area contributed by atoms with Crippen molar-refractivity contribution in [1.82, 2.24) is 24.3 Å². The van der Waals surface area contributed by atoms with Gasteiger partial charge in [-0.3, -0.25) is 4.68 Å². The van der Waals surface area contributed by atoms with Gasteiger partial charge in [0.2, 0.25) is 0 Å². The first-order valence-electron chi connectivity index (χ1n) is 10.2. The molecular formula is C23H23FN6O. The molecule has 0 fully saturated rings. The Morgan fingerprint density at radius 3 is 2.84 bits per heavy atom. The Bertz CT molecular complexity index is 1290. The lowest BCUT2D eigenvalue weighted by molar-refractivity contribution is 0.227. The maximum Gasteiger partial charge on any atom is 0.166 e. The van der Waals surface area contributed by atoms with Gasteiger partial charge in [0.25, 0.3) is 0 Å². The zero-order valence-electron chi connectivity index (χ0n) is 17.6. The zero-order valence-corrected chi connectivity index (χ0v) is 17.6. The monoisotopic (exact) mass is 418 g/mol. The molecule has 158 valence electrons. The second-order valence-corrected chi connectivity index (χ2v) is 7.74. The van der Waals surface area contributed by atoms with Crippen molar-refractivity contribution in [3.8, 4) is 28.3 Å². The molecule has 1 aromatic carbocycles.